The van der Waals surface area contributed by atoms with E-state index in [1.165, 1.54) is 13.2 Å². The van der Waals surface area contributed by atoms with Crippen LogP contribution < -0.4 is 15.4 Å². The van der Waals surface area contributed by atoms with Crippen molar-refractivity contribution < 1.29 is 19.4 Å². The zero-order valence-corrected chi connectivity index (χ0v) is 15.2. The van der Waals surface area contributed by atoms with Crippen LogP contribution in [0.15, 0.2) is 29.5 Å². The number of carbonyl (C=O) groups excluding carboxylic acids is 1. The quantitative estimate of drug-likeness (QED) is 0.571. The Morgan fingerprint density at radius 1 is 1.33 bits per heavy atom. The summed E-state index contributed by atoms with van der Waals surface area (Å²) in [5.41, 5.74) is 1.18. The van der Waals surface area contributed by atoms with Crippen molar-refractivity contribution in [3.05, 3.63) is 35.0 Å². The van der Waals surface area contributed by atoms with E-state index in [-0.39, 0.29) is 5.75 Å². The predicted octanol–water partition coefficient (Wildman–Crippen LogP) is 2.54. The molecule has 0 fully saturated rings. The summed E-state index contributed by atoms with van der Waals surface area (Å²) in [6, 6.07) is 4.39. The zero-order chi connectivity index (χ0) is 18.1. The zero-order valence-electron chi connectivity index (χ0n) is 14.4. The molecule has 0 saturated heterocycles. The Balaban J connectivity index is 2.47. The third-order valence-corrected chi connectivity index (χ3v) is 3.64. The van der Waals surface area contributed by atoms with Crippen molar-refractivity contribution in [3.63, 3.8) is 0 Å². The molecule has 1 unspecified atom stereocenters. The fourth-order valence-electron chi connectivity index (χ4n) is 2.42. The van der Waals surface area contributed by atoms with Gasteiger partial charge in [0.05, 0.1) is 18.7 Å². The third-order valence-electron chi connectivity index (χ3n) is 3.43. The summed E-state index contributed by atoms with van der Waals surface area (Å²) in [5, 5.41) is 16.2. The number of hydrogen-bond acceptors (Lipinski definition) is 5. The summed E-state index contributed by atoms with van der Waals surface area (Å²) in [7, 11) is 1.47. The third kappa shape index (κ3) is 3.97. The minimum atomic E-state index is -0.612. The average Bonchev–Trinajstić information content (AvgIpc) is 2.44. The molecule has 0 aliphatic carbocycles. The molecule has 1 aromatic carbocycles. The number of ether oxygens (including phenoxy) is 2. The summed E-state index contributed by atoms with van der Waals surface area (Å²) < 4.78 is 10.7. The number of aromatic hydroxyl groups is 1. The molecule has 0 bridgehead atoms. The highest BCUT2D eigenvalue weighted by Gasteiger charge is 2.33. The SMILES string of the molecule is COc1cc(C2NC(=S)NC(C)=C2C(=O)OC(C)(C)C)ccc1O. The van der Waals surface area contributed by atoms with Gasteiger partial charge < -0.3 is 25.2 Å². The van der Waals surface area contributed by atoms with Gasteiger partial charge in [-0.05, 0) is 57.6 Å². The molecule has 6 nitrogen and oxygen atoms in total. The number of benzene rings is 1. The minimum absolute atomic E-state index is 0.0253. The van der Waals surface area contributed by atoms with Crippen molar-refractivity contribution in [3.8, 4) is 11.5 Å². The number of methoxy groups -OCH3 is 1. The molecule has 3 N–H and O–H groups in total. The Hall–Kier alpha value is -2.28. The number of phenolic OH excluding ortho intramolecular Hbond substituents is 1. The standard InChI is InChI=1S/C17H22N2O4S/c1-9-13(15(21)23-17(2,3)4)14(19-16(24)18-9)10-6-7-11(20)12(8-10)22-5/h6-8,14,20H,1-5H3,(H2,18,19,24). The molecule has 7 heteroatoms. The molecule has 1 aliphatic heterocycles. The molecule has 1 aliphatic rings. The second kappa shape index (κ2) is 6.68. The summed E-state index contributed by atoms with van der Waals surface area (Å²) in [6.07, 6.45) is 0. The molecule has 130 valence electrons. The fraction of sp³-hybridized carbons (Fsp3) is 0.412. The van der Waals surface area contributed by atoms with Crippen LogP contribution in [0.4, 0.5) is 0 Å². The lowest BCUT2D eigenvalue weighted by Crippen LogP contribution is -2.45. The molecule has 0 radical (unpaired) electrons. The van der Waals surface area contributed by atoms with Crippen LogP contribution in [0, 0.1) is 0 Å². The molecule has 1 atom stereocenters. The van der Waals surface area contributed by atoms with Crippen molar-refractivity contribution in [1.82, 2.24) is 10.6 Å². The molecular formula is C17H22N2O4S. The predicted molar refractivity (Wildman–Crippen MR) is 94.8 cm³/mol. The van der Waals surface area contributed by atoms with Crippen LogP contribution in [0.25, 0.3) is 0 Å². The van der Waals surface area contributed by atoms with Gasteiger partial charge in [-0.3, -0.25) is 0 Å². The topological polar surface area (TPSA) is 79.8 Å². The Bertz CT molecular complexity index is 707. The van der Waals surface area contributed by atoms with Gasteiger partial charge in [-0.1, -0.05) is 6.07 Å². The van der Waals surface area contributed by atoms with Gasteiger partial charge in [0.15, 0.2) is 16.6 Å². The lowest BCUT2D eigenvalue weighted by molar-refractivity contribution is -0.150. The van der Waals surface area contributed by atoms with E-state index in [4.69, 9.17) is 21.7 Å². The number of nitrogens with one attached hydrogen (secondary N) is 2. The second-order valence-electron chi connectivity index (χ2n) is 6.50. The number of esters is 1. The summed E-state index contributed by atoms with van der Waals surface area (Å²) in [5.74, 6) is -0.0863. The first-order valence-corrected chi connectivity index (χ1v) is 7.91. The summed E-state index contributed by atoms with van der Waals surface area (Å²) >= 11 is 5.21. The van der Waals surface area contributed by atoms with E-state index in [0.29, 0.717) is 22.1 Å². The second-order valence-corrected chi connectivity index (χ2v) is 6.91. The Morgan fingerprint density at radius 2 is 2.00 bits per heavy atom. The van der Waals surface area contributed by atoms with Crippen LogP contribution >= 0.6 is 12.2 Å². The Kier molecular flexibility index (Phi) is 5.03. The van der Waals surface area contributed by atoms with Crippen molar-refractivity contribution in [2.45, 2.75) is 39.3 Å². The number of rotatable bonds is 3. The molecule has 0 spiro atoms. The Labute approximate surface area is 146 Å². The minimum Gasteiger partial charge on any atom is -0.504 e. The van der Waals surface area contributed by atoms with Crippen molar-refractivity contribution >= 4 is 23.3 Å². The van der Waals surface area contributed by atoms with Gasteiger partial charge in [0.25, 0.3) is 0 Å². The van der Waals surface area contributed by atoms with Gasteiger partial charge in [-0.15, -0.1) is 0 Å². The van der Waals surface area contributed by atoms with Gasteiger partial charge in [-0.2, -0.15) is 0 Å². The number of carbonyl (C=O) groups is 1. The van der Waals surface area contributed by atoms with Crippen LogP contribution in [-0.2, 0) is 9.53 Å². The largest absolute Gasteiger partial charge is 0.504 e. The van der Waals surface area contributed by atoms with E-state index in [1.807, 2.05) is 20.8 Å². The normalized spacial score (nSPS) is 17.9. The maximum atomic E-state index is 12.7. The molecule has 0 amide bonds. The first-order chi connectivity index (χ1) is 11.1. The first-order valence-electron chi connectivity index (χ1n) is 7.51. The van der Waals surface area contributed by atoms with Gasteiger partial charge in [0, 0.05) is 5.70 Å². The van der Waals surface area contributed by atoms with E-state index in [9.17, 15) is 9.90 Å². The van der Waals surface area contributed by atoms with Gasteiger partial charge in [-0.25, -0.2) is 4.79 Å². The fourth-order valence-corrected chi connectivity index (χ4v) is 2.69. The van der Waals surface area contributed by atoms with E-state index < -0.39 is 17.6 Å². The average molecular weight is 350 g/mol. The maximum absolute atomic E-state index is 12.7. The van der Waals surface area contributed by atoms with Crippen LogP contribution in [0.3, 0.4) is 0 Å². The highest BCUT2D eigenvalue weighted by Crippen LogP contribution is 2.34. The molecule has 1 heterocycles. The van der Waals surface area contributed by atoms with E-state index >= 15 is 0 Å². The monoisotopic (exact) mass is 350 g/mol. The van der Waals surface area contributed by atoms with Crippen LogP contribution in [-0.4, -0.2) is 28.9 Å². The lowest BCUT2D eigenvalue weighted by Gasteiger charge is -2.31. The van der Waals surface area contributed by atoms with Crippen molar-refractivity contribution in [1.29, 1.82) is 0 Å². The smallest absolute Gasteiger partial charge is 0.338 e. The van der Waals surface area contributed by atoms with E-state index in [2.05, 4.69) is 10.6 Å². The van der Waals surface area contributed by atoms with Gasteiger partial charge >= 0.3 is 5.97 Å². The summed E-state index contributed by atoms with van der Waals surface area (Å²) in [4.78, 5) is 12.7. The molecule has 1 aromatic rings. The molecular weight excluding hydrogens is 328 g/mol. The van der Waals surface area contributed by atoms with Crippen LogP contribution in [0.2, 0.25) is 0 Å². The van der Waals surface area contributed by atoms with E-state index in [0.717, 1.165) is 5.56 Å². The van der Waals surface area contributed by atoms with Crippen LogP contribution in [0.5, 0.6) is 11.5 Å². The molecule has 2 rings (SSSR count). The number of phenols is 1. The van der Waals surface area contributed by atoms with E-state index in [1.54, 1.807) is 19.1 Å². The lowest BCUT2D eigenvalue weighted by atomic mass is 9.95. The molecule has 0 aromatic heterocycles. The molecule has 24 heavy (non-hydrogen) atoms. The Morgan fingerprint density at radius 3 is 2.58 bits per heavy atom. The van der Waals surface area contributed by atoms with Gasteiger partial charge in [0.1, 0.15) is 5.60 Å². The first kappa shape index (κ1) is 18.1. The number of thiocarbonyl (C=S) groups is 1. The molecule has 0 saturated carbocycles. The highest BCUT2D eigenvalue weighted by atomic mass is 32.1. The van der Waals surface area contributed by atoms with Gasteiger partial charge in [0.2, 0.25) is 0 Å². The van der Waals surface area contributed by atoms with Crippen molar-refractivity contribution in [2.24, 2.45) is 0 Å². The van der Waals surface area contributed by atoms with Crippen LogP contribution in [0.1, 0.15) is 39.3 Å². The highest BCUT2D eigenvalue weighted by molar-refractivity contribution is 7.80. The van der Waals surface area contributed by atoms with Crippen molar-refractivity contribution in [2.75, 3.05) is 7.11 Å². The number of allylic oxidation sites excluding steroid dienone is 1. The number of hydrogen-bond donors (Lipinski definition) is 3. The summed E-state index contributed by atoms with van der Waals surface area (Å²) in [6.45, 7) is 7.21. The maximum Gasteiger partial charge on any atom is 0.338 e.